The minimum absolute atomic E-state index is 0.0642. The molecule has 3 aromatic rings. The molecule has 2 heterocycles. The Kier molecular flexibility index (Phi) is 6.08. The lowest BCUT2D eigenvalue weighted by molar-refractivity contribution is 0.0951. The van der Waals surface area contributed by atoms with Crippen molar-refractivity contribution in [1.82, 2.24) is 15.3 Å². The molecule has 150 valence electrons. The Labute approximate surface area is 169 Å². The first kappa shape index (κ1) is 20.3. The summed E-state index contributed by atoms with van der Waals surface area (Å²) in [6.45, 7) is 0.323. The van der Waals surface area contributed by atoms with Crippen molar-refractivity contribution in [3.05, 3.63) is 78.2 Å². The van der Waals surface area contributed by atoms with E-state index in [1.165, 1.54) is 36.7 Å². The second kappa shape index (κ2) is 8.70. The SMILES string of the molecule is CN(C)c1ccc(CNC(=O)c2ccc(S(=O)(=O)Nc3ccncc3)cc2)cn1. The Balaban J connectivity index is 1.62. The van der Waals surface area contributed by atoms with Crippen LogP contribution < -0.4 is 14.9 Å². The molecule has 1 amide bonds. The molecule has 0 atom stereocenters. The van der Waals surface area contributed by atoms with Crippen LogP contribution in [0.25, 0.3) is 0 Å². The fourth-order valence-corrected chi connectivity index (χ4v) is 3.55. The van der Waals surface area contributed by atoms with Gasteiger partial charge >= 0.3 is 0 Å². The molecule has 0 unspecified atom stereocenters. The third kappa shape index (κ3) is 5.29. The normalized spacial score (nSPS) is 11.0. The quantitative estimate of drug-likeness (QED) is 0.618. The van der Waals surface area contributed by atoms with Crippen molar-refractivity contribution in [1.29, 1.82) is 0 Å². The molecule has 3 rings (SSSR count). The number of hydrogen-bond donors (Lipinski definition) is 2. The highest BCUT2D eigenvalue weighted by Crippen LogP contribution is 2.16. The van der Waals surface area contributed by atoms with Gasteiger partial charge in [0, 0.05) is 44.8 Å². The fraction of sp³-hybridized carbons (Fsp3) is 0.150. The van der Waals surface area contributed by atoms with E-state index in [0.717, 1.165) is 11.4 Å². The van der Waals surface area contributed by atoms with Gasteiger partial charge in [-0.15, -0.1) is 0 Å². The van der Waals surface area contributed by atoms with Gasteiger partial charge < -0.3 is 10.2 Å². The molecule has 9 heteroatoms. The molecule has 0 spiro atoms. The van der Waals surface area contributed by atoms with E-state index in [0.29, 0.717) is 17.8 Å². The number of sulfonamides is 1. The van der Waals surface area contributed by atoms with Crippen LogP contribution in [0.3, 0.4) is 0 Å². The summed E-state index contributed by atoms with van der Waals surface area (Å²) in [4.78, 5) is 22.4. The smallest absolute Gasteiger partial charge is 0.261 e. The first-order valence-electron chi connectivity index (χ1n) is 8.78. The van der Waals surface area contributed by atoms with Gasteiger partial charge in [0.05, 0.1) is 10.6 Å². The summed E-state index contributed by atoms with van der Waals surface area (Å²) in [5, 5.41) is 2.80. The van der Waals surface area contributed by atoms with Crippen LogP contribution in [0.2, 0.25) is 0 Å². The van der Waals surface area contributed by atoms with Gasteiger partial charge in [-0.05, 0) is 48.0 Å². The number of nitrogens with one attached hydrogen (secondary N) is 2. The van der Waals surface area contributed by atoms with Crippen LogP contribution in [0, 0.1) is 0 Å². The van der Waals surface area contributed by atoms with Gasteiger partial charge in [0.1, 0.15) is 5.82 Å². The zero-order valence-corrected chi connectivity index (χ0v) is 16.8. The number of aromatic nitrogens is 2. The number of carbonyl (C=O) groups excluding carboxylic acids is 1. The minimum Gasteiger partial charge on any atom is -0.363 e. The predicted octanol–water partition coefficient (Wildman–Crippen LogP) is 2.27. The summed E-state index contributed by atoms with van der Waals surface area (Å²) < 4.78 is 27.3. The van der Waals surface area contributed by atoms with Crippen LogP contribution in [0.15, 0.2) is 72.0 Å². The number of benzene rings is 1. The summed E-state index contributed by atoms with van der Waals surface area (Å²) in [7, 11) is 0.0620. The van der Waals surface area contributed by atoms with Gasteiger partial charge in [-0.2, -0.15) is 0 Å². The highest BCUT2D eigenvalue weighted by atomic mass is 32.2. The Morgan fingerprint density at radius 2 is 1.69 bits per heavy atom. The Hall–Kier alpha value is -3.46. The van der Waals surface area contributed by atoms with Gasteiger partial charge in [-0.25, -0.2) is 13.4 Å². The molecule has 0 aliphatic carbocycles. The van der Waals surface area contributed by atoms with Crippen molar-refractivity contribution >= 4 is 27.4 Å². The van der Waals surface area contributed by atoms with Gasteiger partial charge in [-0.1, -0.05) is 6.07 Å². The van der Waals surface area contributed by atoms with Gasteiger partial charge in [0.15, 0.2) is 0 Å². The first-order valence-corrected chi connectivity index (χ1v) is 10.3. The lowest BCUT2D eigenvalue weighted by Gasteiger charge is -2.12. The van der Waals surface area contributed by atoms with Crippen LogP contribution in [0.5, 0.6) is 0 Å². The summed E-state index contributed by atoms with van der Waals surface area (Å²) >= 11 is 0. The topological polar surface area (TPSA) is 104 Å². The molecular weight excluding hydrogens is 390 g/mol. The van der Waals surface area contributed by atoms with E-state index < -0.39 is 10.0 Å². The van der Waals surface area contributed by atoms with Crippen molar-refractivity contribution in [3.63, 3.8) is 0 Å². The maximum absolute atomic E-state index is 12.4. The van der Waals surface area contributed by atoms with Crippen LogP contribution in [-0.2, 0) is 16.6 Å². The number of amides is 1. The van der Waals surface area contributed by atoms with E-state index in [1.807, 2.05) is 31.1 Å². The molecular formula is C20H21N5O3S. The van der Waals surface area contributed by atoms with Crippen molar-refractivity contribution < 1.29 is 13.2 Å². The molecule has 0 radical (unpaired) electrons. The van der Waals surface area contributed by atoms with E-state index in [4.69, 9.17) is 0 Å². The number of anilines is 2. The molecule has 0 aliphatic heterocycles. The molecule has 0 fully saturated rings. The molecule has 1 aromatic carbocycles. The Morgan fingerprint density at radius 1 is 1.00 bits per heavy atom. The maximum atomic E-state index is 12.4. The number of nitrogens with zero attached hydrogens (tertiary/aromatic N) is 3. The number of carbonyl (C=O) groups is 1. The Morgan fingerprint density at radius 3 is 2.28 bits per heavy atom. The third-order valence-electron chi connectivity index (χ3n) is 4.08. The van der Waals surface area contributed by atoms with E-state index in [2.05, 4.69) is 20.0 Å². The summed E-state index contributed by atoms with van der Waals surface area (Å²) in [6.07, 6.45) is 4.69. The minimum atomic E-state index is -3.74. The molecule has 2 N–H and O–H groups in total. The predicted molar refractivity (Wildman–Crippen MR) is 111 cm³/mol. The average Bonchev–Trinajstić information content (AvgIpc) is 2.73. The van der Waals surface area contributed by atoms with Crippen LogP contribution in [-0.4, -0.2) is 38.4 Å². The first-order chi connectivity index (χ1) is 13.8. The zero-order valence-electron chi connectivity index (χ0n) is 16.0. The largest absolute Gasteiger partial charge is 0.363 e. The van der Waals surface area contributed by atoms with Crippen molar-refractivity contribution in [3.8, 4) is 0 Å². The summed E-state index contributed by atoms with van der Waals surface area (Å²) in [5.41, 5.74) is 1.64. The van der Waals surface area contributed by atoms with E-state index in [1.54, 1.807) is 18.3 Å². The van der Waals surface area contributed by atoms with Crippen molar-refractivity contribution in [2.45, 2.75) is 11.4 Å². The molecule has 0 saturated heterocycles. The molecule has 0 aliphatic rings. The van der Waals surface area contributed by atoms with E-state index in [9.17, 15) is 13.2 Å². The summed E-state index contributed by atoms with van der Waals surface area (Å²) in [5.74, 6) is 0.532. The summed E-state index contributed by atoms with van der Waals surface area (Å²) in [6, 6.07) is 12.6. The maximum Gasteiger partial charge on any atom is 0.261 e. The van der Waals surface area contributed by atoms with Crippen molar-refractivity contribution in [2.24, 2.45) is 0 Å². The molecule has 0 bridgehead atoms. The highest BCUT2D eigenvalue weighted by molar-refractivity contribution is 7.92. The number of hydrogen-bond acceptors (Lipinski definition) is 6. The standard InChI is InChI=1S/C20H21N5O3S/c1-25(2)19-8-3-15(13-22-19)14-23-20(26)16-4-6-18(7-5-16)29(27,28)24-17-9-11-21-12-10-17/h3-13H,14H2,1-2H3,(H,21,24)(H,23,26). The number of rotatable bonds is 7. The molecule has 29 heavy (non-hydrogen) atoms. The molecule has 2 aromatic heterocycles. The molecule has 0 saturated carbocycles. The lowest BCUT2D eigenvalue weighted by Crippen LogP contribution is -2.23. The second-order valence-electron chi connectivity index (χ2n) is 6.47. The zero-order chi connectivity index (χ0) is 20.9. The van der Waals surface area contributed by atoms with Gasteiger partial charge in [-0.3, -0.25) is 14.5 Å². The average molecular weight is 411 g/mol. The van der Waals surface area contributed by atoms with E-state index >= 15 is 0 Å². The van der Waals surface area contributed by atoms with Crippen LogP contribution in [0.1, 0.15) is 15.9 Å². The van der Waals surface area contributed by atoms with E-state index in [-0.39, 0.29) is 10.8 Å². The van der Waals surface area contributed by atoms with Gasteiger partial charge in [0.25, 0.3) is 15.9 Å². The Bertz CT molecular complexity index is 1070. The molecule has 8 nitrogen and oxygen atoms in total. The third-order valence-corrected chi connectivity index (χ3v) is 5.48. The second-order valence-corrected chi connectivity index (χ2v) is 8.15. The van der Waals surface area contributed by atoms with Gasteiger partial charge in [0.2, 0.25) is 0 Å². The van der Waals surface area contributed by atoms with Crippen LogP contribution >= 0.6 is 0 Å². The monoisotopic (exact) mass is 411 g/mol. The highest BCUT2D eigenvalue weighted by Gasteiger charge is 2.15. The van der Waals surface area contributed by atoms with Crippen molar-refractivity contribution in [2.75, 3.05) is 23.7 Å². The van der Waals surface area contributed by atoms with Crippen LogP contribution in [0.4, 0.5) is 11.5 Å². The lowest BCUT2D eigenvalue weighted by atomic mass is 10.2. The number of pyridine rings is 2. The fourth-order valence-electron chi connectivity index (χ4n) is 2.49.